The number of aryl methyl sites for hydroxylation is 1. The van der Waals surface area contributed by atoms with Gasteiger partial charge in [0.15, 0.2) is 0 Å². The van der Waals surface area contributed by atoms with E-state index < -0.39 is 0 Å². The highest BCUT2D eigenvalue weighted by Gasteiger charge is 2.19. The maximum absolute atomic E-state index is 12.6. The first-order chi connectivity index (χ1) is 11.5. The van der Waals surface area contributed by atoms with E-state index in [0.717, 1.165) is 11.0 Å². The summed E-state index contributed by atoms with van der Waals surface area (Å²) in [6.45, 7) is 6.95. The lowest BCUT2D eigenvalue weighted by molar-refractivity contribution is -0.136. The van der Waals surface area contributed by atoms with Gasteiger partial charge in [-0.15, -0.1) is 0 Å². The van der Waals surface area contributed by atoms with E-state index in [9.17, 15) is 14.4 Å². The number of hydrogen-bond acceptors (Lipinski definition) is 3. The summed E-state index contributed by atoms with van der Waals surface area (Å²) in [5.74, 6) is -0.444. The van der Waals surface area contributed by atoms with Crippen molar-refractivity contribution >= 4 is 22.8 Å². The monoisotopic (exact) mass is 332 g/mol. The maximum atomic E-state index is 12.6. The number of nitrogens with one attached hydrogen (secondary N) is 1. The minimum Gasteiger partial charge on any atom is -0.355 e. The van der Waals surface area contributed by atoms with Crippen molar-refractivity contribution in [3.8, 4) is 0 Å². The zero-order chi connectivity index (χ0) is 17.7. The summed E-state index contributed by atoms with van der Waals surface area (Å²) < 4.78 is 3.12. The van der Waals surface area contributed by atoms with Gasteiger partial charge >= 0.3 is 5.69 Å². The second-order valence-corrected chi connectivity index (χ2v) is 5.46. The summed E-state index contributed by atoms with van der Waals surface area (Å²) >= 11 is 0. The number of aromatic nitrogens is 2. The topological polar surface area (TPSA) is 76.3 Å². The molecule has 24 heavy (non-hydrogen) atoms. The van der Waals surface area contributed by atoms with Crippen LogP contribution in [0.4, 0.5) is 0 Å². The molecule has 0 spiro atoms. The van der Waals surface area contributed by atoms with Crippen LogP contribution in [0.5, 0.6) is 0 Å². The SMILES string of the molecule is CCNC(=O)CN(CC)C(=O)Cn1c(=O)n(CC)c2ccccc21. The number of carbonyl (C=O) groups is 2. The Morgan fingerprint density at radius 3 is 2.25 bits per heavy atom. The molecule has 2 aromatic rings. The van der Waals surface area contributed by atoms with Gasteiger partial charge in [0, 0.05) is 19.6 Å². The highest BCUT2D eigenvalue weighted by atomic mass is 16.2. The molecule has 1 N–H and O–H groups in total. The minimum atomic E-state index is -0.246. The molecule has 0 atom stereocenters. The van der Waals surface area contributed by atoms with Crippen molar-refractivity contribution in [1.29, 1.82) is 0 Å². The number of imidazole rings is 1. The lowest BCUT2D eigenvalue weighted by Gasteiger charge is -2.20. The van der Waals surface area contributed by atoms with Crippen molar-refractivity contribution in [1.82, 2.24) is 19.4 Å². The number of para-hydroxylation sites is 2. The van der Waals surface area contributed by atoms with Gasteiger partial charge in [-0.25, -0.2) is 4.79 Å². The van der Waals surface area contributed by atoms with E-state index in [1.807, 2.05) is 45.0 Å². The van der Waals surface area contributed by atoms with Gasteiger partial charge in [0.2, 0.25) is 11.8 Å². The van der Waals surface area contributed by atoms with E-state index in [1.165, 1.54) is 9.47 Å². The molecule has 0 aliphatic carbocycles. The van der Waals surface area contributed by atoms with Crippen molar-refractivity contribution in [2.24, 2.45) is 0 Å². The van der Waals surface area contributed by atoms with E-state index in [4.69, 9.17) is 0 Å². The van der Waals surface area contributed by atoms with E-state index in [1.54, 1.807) is 4.57 Å². The highest BCUT2D eigenvalue weighted by Crippen LogP contribution is 2.12. The fourth-order valence-electron chi connectivity index (χ4n) is 2.77. The summed E-state index contributed by atoms with van der Waals surface area (Å²) in [4.78, 5) is 38.3. The maximum Gasteiger partial charge on any atom is 0.329 e. The molecular weight excluding hydrogens is 308 g/mol. The molecule has 1 heterocycles. The van der Waals surface area contributed by atoms with Gasteiger partial charge in [-0.2, -0.15) is 0 Å². The molecule has 0 fully saturated rings. The summed E-state index contributed by atoms with van der Waals surface area (Å²) in [6.07, 6.45) is 0. The van der Waals surface area contributed by atoms with Crippen molar-refractivity contribution in [3.05, 3.63) is 34.7 Å². The number of nitrogens with zero attached hydrogens (tertiary/aromatic N) is 3. The Labute approximate surface area is 140 Å². The van der Waals surface area contributed by atoms with E-state index >= 15 is 0 Å². The quantitative estimate of drug-likeness (QED) is 0.815. The standard InChI is InChI=1S/C17H24N4O3/c1-4-18-15(22)11-19(5-2)16(23)12-21-14-10-8-7-9-13(14)20(6-3)17(21)24/h7-10H,4-6,11-12H2,1-3H3,(H,18,22). The second-order valence-electron chi connectivity index (χ2n) is 5.46. The molecule has 0 unspecified atom stereocenters. The number of carbonyl (C=O) groups excluding carboxylic acids is 2. The normalized spacial score (nSPS) is 10.8. The molecule has 7 heteroatoms. The first-order valence-electron chi connectivity index (χ1n) is 8.25. The van der Waals surface area contributed by atoms with Crippen LogP contribution < -0.4 is 11.0 Å². The van der Waals surface area contributed by atoms with Gasteiger partial charge in [0.05, 0.1) is 17.6 Å². The van der Waals surface area contributed by atoms with Crippen molar-refractivity contribution in [2.75, 3.05) is 19.6 Å². The predicted molar refractivity (Wildman–Crippen MR) is 92.8 cm³/mol. The van der Waals surface area contributed by atoms with E-state index in [0.29, 0.717) is 19.6 Å². The third-order valence-electron chi connectivity index (χ3n) is 3.98. The molecule has 0 saturated heterocycles. The predicted octanol–water partition coefficient (Wildman–Crippen LogP) is 0.807. The highest BCUT2D eigenvalue weighted by molar-refractivity contribution is 5.85. The average molecular weight is 332 g/mol. The van der Waals surface area contributed by atoms with Gasteiger partial charge in [-0.3, -0.25) is 18.7 Å². The van der Waals surface area contributed by atoms with E-state index in [2.05, 4.69) is 5.32 Å². The number of likely N-dealkylation sites (N-methyl/N-ethyl adjacent to an activating group) is 2. The Morgan fingerprint density at radius 2 is 1.71 bits per heavy atom. The lowest BCUT2D eigenvalue weighted by atomic mass is 10.3. The van der Waals surface area contributed by atoms with E-state index in [-0.39, 0.29) is 30.6 Å². The zero-order valence-corrected chi connectivity index (χ0v) is 14.4. The Kier molecular flexibility index (Phi) is 5.78. The van der Waals surface area contributed by atoms with Crippen LogP contribution in [-0.2, 0) is 22.7 Å². The molecule has 0 bridgehead atoms. The van der Waals surface area contributed by atoms with Gasteiger partial charge < -0.3 is 10.2 Å². The second kappa shape index (κ2) is 7.81. The molecule has 2 amide bonds. The Morgan fingerprint density at radius 1 is 1.08 bits per heavy atom. The van der Waals surface area contributed by atoms with Crippen LogP contribution in [0.2, 0.25) is 0 Å². The van der Waals surface area contributed by atoms with Gasteiger partial charge in [-0.1, -0.05) is 12.1 Å². The van der Waals surface area contributed by atoms with Crippen LogP contribution in [0.15, 0.2) is 29.1 Å². The number of rotatable bonds is 7. The molecule has 1 aromatic heterocycles. The first kappa shape index (κ1) is 17.8. The van der Waals surface area contributed by atoms with Gasteiger partial charge in [-0.05, 0) is 32.9 Å². The molecule has 7 nitrogen and oxygen atoms in total. The van der Waals surface area contributed by atoms with Gasteiger partial charge in [0.25, 0.3) is 0 Å². The smallest absolute Gasteiger partial charge is 0.329 e. The molecule has 1 aromatic carbocycles. The Bertz CT molecular complexity index is 791. The summed E-state index contributed by atoms with van der Waals surface area (Å²) in [5.41, 5.74) is 1.33. The third-order valence-corrected chi connectivity index (χ3v) is 3.98. The summed E-state index contributed by atoms with van der Waals surface area (Å²) in [6, 6.07) is 7.41. The minimum absolute atomic E-state index is 0.00431. The Hall–Kier alpha value is -2.57. The largest absolute Gasteiger partial charge is 0.355 e. The zero-order valence-electron chi connectivity index (χ0n) is 14.4. The van der Waals surface area contributed by atoms with Crippen LogP contribution in [-0.4, -0.2) is 45.5 Å². The van der Waals surface area contributed by atoms with Crippen molar-refractivity contribution in [2.45, 2.75) is 33.9 Å². The third kappa shape index (κ3) is 3.50. The van der Waals surface area contributed by atoms with Crippen LogP contribution >= 0.6 is 0 Å². The number of fused-ring (bicyclic) bond motifs is 1. The number of hydrogen-bond donors (Lipinski definition) is 1. The fourth-order valence-corrected chi connectivity index (χ4v) is 2.77. The molecule has 2 rings (SSSR count). The van der Waals surface area contributed by atoms with Crippen molar-refractivity contribution in [3.63, 3.8) is 0 Å². The summed E-state index contributed by atoms with van der Waals surface area (Å²) in [7, 11) is 0. The van der Waals surface area contributed by atoms with Crippen LogP contribution in [0.25, 0.3) is 11.0 Å². The molecule has 0 radical (unpaired) electrons. The molecule has 0 aliphatic rings. The summed E-state index contributed by atoms with van der Waals surface area (Å²) in [5, 5.41) is 2.68. The van der Waals surface area contributed by atoms with Crippen LogP contribution in [0.1, 0.15) is 20.8 Å². The van der Waals surface area contributed by atoms with Gasteiger partial charge in [0.1, 0.15) is 6.54 Å². The first-order valence-corrected chi connectivity index (χ1v) is 8.25. The molecule has 130 valence electrons. The van der Waals surface area contributed by atoms with Crippen molar-refractivity contribution < 1.29 is 9.59 Å². The lowest BCUT2D eigenvalue weighted by Crippen LogP contribution is -2.43. The number of amides is 2. The average Bonchev–Trinajstić information content (AvgIpc) is 2.84. The fraction of sp³-hybridized carbons (Fsp3) is 0.471. The van der Waals surface area contributed by atoms with Crippen LogP contribution in [0.3, 0.4) is 0 Å². The van der Waals surface area contributed by atoms with Crippen LogP contribution in [0, 0.1) is 0 Å². The number of benzene rings is 1. The Balaban J connectivity index is 2.28. The molecule has 0 aliphatic heterocycles. The molecular formula is C17H24N4O3. The molecule has 0 saturated carbocycles.